The SMILES string of the molecule is C=C1/C(=C\C=C2/CCC[C@]3(C)C(C4(C/C=C\C(O)(C(F)(F)F)C(F)(F)F)CC4)=CC[C@@H]23)C[C@@H](O)C[C@@H]1O. The fourth-order valence-electron chi connectivity index (χ4n) is 6.65. The summed E-state index contributed by atoms with van der Waals surface area (Å²) in [6, 6.07) is 0. The van der Waals surface area contributed by atoms with Gasteiger partial charge in [-0.2, -0.15) is 26.3 Å². The molecule has 0 aromatic heterocycles. The maximum Gasteiger partial charge on any atom is 0.429 e. The van der Waals surface area contributed by atoms with Crippen molar-refractivity contribution in [3.63, 3.8) is 0 Å². The number of fused-ring (bicyclic) bond motifs is 1. The largest absolute Gasteiger partial charge is 0.429 e. The summed E-state index contributed by atoms with van der Waals surface area (Å²) in [7, 11) is 0. The third-order valence-electron chi connectivity index (χ3n) is 8.97. The molecule has 3 nitrogen and oxygen atoms in total. The van der Waals surface area contributed by atoms with Crippen molar-refractivity contribution in [1.82, 2.24) is 0 Å². The first-order valence-corrected chi connectivity index (χ1v) is 12.7. The van der Waals surface area contributed by atoms with Crippen molar-refractivity contribution in [2.24, 2.45) is 16.7 Å². The first-order chi connectivity index (χ1) is 17.0. The van der Waals surface area contributed by atoms with Crippen LogP contribution in [0.2, 0.25) is 0 Å². The maximum atomic E-state index is 13.1. The van der Waals surface area contributed by atoms with Crippen molar-refractivity contribution in [1.29, 1.82) is 0 Å². The van der Waals surface area contributed by atoms with E-state index in [-0.39, 0.29) is 30.3 Å². The Morgan fingerprint density at radius 1 is 1.05 bits per heavy atom. The fraction of sp³-hybridized carbons (Fsp3) is 0.643. The second-order valence-corrected chi connectivity index (χ2v) is 11.4. The van der Waals surface area contributed by atoms with E-state index in [9.17, 15) is 41.7 Å². The predicted molar refractivity (Wildman–Crippen MR) is 127 cm³/mol. The molecule has 0 amide bonds. The Morgan fingerprint density at radius 3 is 2.30 bits per heavy atom. The van der Waals surface area contributed by atoms with E-state index < -0.39 is 35.6 Å². The van der Waals surface area contributed by atoms with E-state index in [0.29, 0.717) is 24.8 Å². The summed E-state index contributed by atoms with van der Waals surface area (Å²) in [4.78, 5) is 0. The number of aliphatic hydroxyl groups is 3. The molecule has 0 heterocycles. The average Bonchev–Trinajstić information content (AvgIpc) is 3.46. The molecule has 4 aliphatic carbocycles. The van der Waals surface area contributed by atoms with Crippen molar-refractivity contribution in [2.45, 2.75) is 94.9 Å². The van der Waals surface area contributed by atoms with Gasteiger partial charge in [0.05, 0.1) is 12.2 Å². The van der Waals surface area contributed by atoms with Crippen molar-refractivity contribution in [3.8, 4) is 0 Å². The van der Waals surface area contributed by atoms with Gasteiger partial charge in [0.15, 0.2) is 0 Å². The highest BCUT2D eigenvalue weighted by Gasteiger charge is 2.69. The van der Waals surface area contributed by atoms with E-state index in [4.69, 9.17) is 0 Å². The lowest BCUT2D eigenvalue weighted by atomic mass is 9.61. The monoisotopic (exact) mass is 532 g/mol. The zero-order chi connectivity index (χ0) is 27.4. The smallest absolute Gasteiger partial charge is 0.393 e. The molecule has 0 radical (unpaired) electrons. The Balaban J connectivity index is 1.53. The summed E-state index contributed by atoms with van der Waals surface area (Å²) in [5.74, 6) is 0.170. The van der Waals surface area contributed by atoms with Crippen LogP contribution in [-0.4, -0.2) is 45.5 Å². The van der Waals surface area contributed by atoms with E-state index in [2.05, 4.69) is 19.6 Å². The maximum absolute atomic E-state index is 13.1. The van der Waals surface area contributed by atoms with Gasteiger partial charge in [0, 0.05) is 6.42 Å². The zero-order valence-corrected chi connectivity index (χ0v) is 20.8. The Hall–Kier alpha value is -1.84. The van der Waals surface area contributed by atoms with Crippen molar-refractivity contribution in [2.75, 3.05) is 0 Å². The van der Waals surface area contributed by atoms with E-state index in [1.54, 1.807) is 0 Å². The van der Waals surface area contributed by atoms with Gasteiger partial charge in [-0.05, 0) is 85.3 Å². The van der Waals surface area contributed by atoms with Crippen LogP contribution >= 0.6 is 0 Å². The summed E-state index contributed by atoms with van der Waals surface area (Å²) in [6.45, 7) is 6.08. The van der Waals surface area contributed by atoms with Gasteiger partial charge in [-0.3, -0.25) is 0 Å². The van der Waals surface area contributed by atoms with E-state index in [0.717, 1.165) is 42.9 Å². The second kappa shape index (κ2) is 9.42. The van der Waals surface area contributed by atoms with Gasteiger partial charge in [-0.15, -0.1) is 0 Å². The zero-order valence-electron chi connectivity index (χ0n) is 20.8. The molecule has 4 atom stereocenters. The number of allylic oxidation sites excluding steroid dienone is 6. The molecule has 206 valence electrons. The van der Waals surface area contributed by atoms with Crippen LogP contribution < -0.4 is 0 Å². The van der Waals surface area contributed by atoms with E-state index in [1.807, 2.05) is 12.2 Å². The van der Waals surface area contributed by atoms with Crippen LogP contribution in [0.3, 0.4) is 0 Å². The molecule has 3 N–H and O–H groups in total. The number of rotatable bonds is 5. The molecule has 3 fully saturated rings. The van der Waals surface area contributed by atoms with Crippen LogP contribution in [0.4, 0.5) is 26.3 Å². The molecule has 0 saturated heterocycles. The lowest BCUT2D eigenvalue weighted by Crippen LogP contribution is -2.55. The number of aliphatic hydroxyl groups excluding tert-OH is 2. The van der Waals surface area contributed by atoms with Gasteiger partial charge in [-0.25, -0.2) is 0 Å². The van der Waals surface area contributed by atoms with Crippen LogP contribution in [-0.2, 0) is 0 Å². The molecular weight excluding hydrogens is 498 g/mol. The topological polar surface area (TPSA) is 60.7 Å². The van der Waals surface area contributed by atoms with E-state index in [1.165, 1.54) is 5.57 Å². The van der Waals surface area contributed by atoms with Gasteiger partial charge in [0.2, 0.25) is 0 Å². The summed E-state index contributed by atoms with van der Waals surface area (Å²) >= 11 is 0. The van der Waals surface area contributed by atoms with Gasteiger partial charge in [0.25, 0.3) is 5.60 Å². The highest BCUT2D eigenvalue weighted by molar-refractivity contribution is 5.42. The average molecular weight is 533 g/mol. The van der Waals surface area contributed by atoms with Gasteiger partial charge < -0.3 is 15.3 Å². The Kier molecular flexibility index (Phi) is 7.17. The Labute approximate surface area is 212 Å². The molecule has 0 unspecified atom stereocenters. The summed E-state index contributed by atoms with van der Waals surface area (Å²) in [5, 5.41) is 29.6. The van der Waals surface area contributed by atoms with Crippen LogP contribution in [0, 0.1) is 16.7 Å². The van der Waals surface area contributed by atoms with Crippen LogP contribution in [0.15, 0.2) is 59.3 Å². The highest BCUT2D eigenvalue weighted by Crippen LogP contribution is 2.67. The molecule has 4 rings (SSSR count). The minimum absolute atomic E-state index is 0.00825. The van der Waals surface area contributed by atoms with Crippen molar-refractivity contribution >= 4 is 0 Å². The van der Waals surface area contributed by atoms with Crippen molar-refractivity contribution < 1.29 is 41.7 Å². The van der Waals surface area contributed by atoms with Crippen LogP contribution in [0.5, 0.6) is 0 Å². The standard InChI is InChI=1S/C28H34F6O3/c1-17-19(15-20(35)16-22(17)36)7-6-18-5-3-10-24(2)21(18)8-9-23(24)25(13-14-25)11-4-12-26(37,27(29,30)31)28(32,33)34/h4,6-7,9,12,20-22,35-37H,1,3,5,8,10-11,13-16H2,2H3/b12-4-,18-6+,19-7-/t20-,21+,22+,24+/m1/s1. The van der Waals surface area contributed by atoms with Crippen LogP contribution in [0.1, 0.15) is 64.7 Å². The summed E-state index contributed by atoms with van der Waals surface area (Å²) in [5.41, 5.74) is -1.88. The molecule has 9 heteroatoms. The van der Waals surface area contributed by atoms with Gasteiger partial charge >= 0.3 is 12.4 Å². The molecule has 37 heavy (non-hydrogen) atoms. The Morgan fingerprint density at radius 2 is 1.70 bits per heavy atom. The number of hydrogen-bond acceptors (Lipinski definition) is 3. The highest BCUT2D eigenvalue weighted by atomic mass is 19.4. The molecule has 4 aliphatic rings. The molecule has 0 aliphatic heterocycles. The quantitative estimate of drug-likeness (QED) is 0.275. The first-order valence-electron chi connectivity index (χ1n) is 12.7. The lowest BCUT2D eigenvalue weighted by Gasteiger charge is -2.43. The second-order valence-electron chi connectivity index (χ2n) is 11.4. The number of alkyl halides is 6. The third kappa shape index (κ3) is 4.99. The Bertz CT molecular complexity index is 1030. The minimum Gasteiger partial charge on any atom is -0.393 e. The lowest BCUT2D eigenvalue weighted by molar-refractivity contribution is -0.347. The molecule has 0 aromatic carbocycles. The molecule has 0 spiro atoms. The minimum atomic E-state index is -5.87. The number of hydrogen-bond donors (Lipinski definition) is 3. The molecule has 3 saturated carbocycles. The fourth-order valence-corrected chi connectivity index (χ4v) is 6.65. The van der Waals surface area contributed by atoms with Crippen molar-refractivity contribution in [3.05, 3.63) is 59.3 Å². The van der Waals surface area contributed by atoms with Gasteiger partial charge in [-0.1, -0.05) is 49.0 Å². The predicted octanol–water partition coefficient (Wildman–Crippen LogP) is 6.63. The van der Waals surface area contributed by atoms with Crippen LogP contribution in [0.25, 0.3) is 0 Å². The normalized spacial score (nSPS) is 34.8. The van der Waals surface area contributed by atoms with Gasteiger partial charge in [0.1, 0.15) is 0 Å². The van der Waals surface area contributed by atoms with E-state index >= 15 is 0 Å². The number of halogens is 6. The summed E-state index contributed by atoms with van der Waals surface area (Å²) < 4.78 is 78.4. The molecular formula is C28H34F6O3. The molecule has 0 aromatic rings. The first kappa shape index (κ1) is 28.2. The summed E-state index contributed by atoms with van der Waals surface area (Å²) in [6.07, 6.45) is -0.907. The third-order valence-corrected chi connectivity index (χ3v) is 8.97. The molecule has 0 bridgehead atoms.